The van der Waals surface area contributed by atoms with Crippen molar-refractivity contribution in [1.29, 1.82) is 0 Å². The minimum atomic E-state index is -0.105. The van der Waals surface area contributed by atoms with Gasteiger partial charge in [0.2, 0.25) is 11.8 Å². The van der Waals surface area contributed by atoms with Crippen LogP contribution in [0.5, 0.6) is 0 Å². The predicted octanol–water partition coefficient (Wildman–Crippen LogP) is -0.335. The van der Waals surface area contributed by atoms with Gasteiger partial charge >= 0.3 is 0 Å². The van der Waals surface area contributed by atoms with Crippen molar-refractivity contribution in [3.63, 3.8) is 0 Å². The van der Waals surface area contributed by atoms with E-state index in [4.69, 9.17) is 0 Å². The molecule has 0 spiro atoms. The van der Waals surface area contributed by atoms with E-state index >= 15 is 0 Å². The summed E-state index contributed by atoms with van der Waals surface area (Å²) in [6.45, 7) is 2.88. The summed E-state index contributed by atoms with van der Waals surface area (Å²) in [7, 11) is 1.48. The normalized spacial score (nSPS) is 9.57. The second kappa shape index (κ2) is 8.50. The summed E-state index contributed by atoms with van der Waals surface area (Å²) in [6, 6.07) is 0. The van der Waals surface area contributed by atoms with Crippen molar-refractivity contribution in [1.82, 2.24) is 10.6 Å². The predicted molar refractivity (Wildman–Crippen MR) is 52.8 cm³/mol. The lowest BCUT2D eigenvalue weighted by atomic mass is 10.3. The van der Waals surface area contributed by atoms with Crippen LogP contribution in [0.2, 0.25) is 0 Å². The molecular formula is C9H18N2O3. The molecule has 82 valence electrons. The highest BCUT2D eigenvalue weighted by Gasteiger charge is 1.97. The molecule has 0 aromatic heterocycles. The maximum absolute atomic E-state index is 10.9. The Balaban J connectivity index is 3.13. The van der Waals surface area contributed by atoms with E-state index < -0.39 is 0 Å². The third kappa shape index (κ3) is 8.99. The summed E-state index contributed by atoms with van der Waals surface area (Å²) in [5.41, 5.74) is 0. The van der Waals surface area contributed by atoms with E-state index in [2.05, 4.69) is 15.4 Å². The fraction of sp³-hybridized carbons (Fsp3) is 0.778. The molecule has 0 aliphatic carbocycles. The monoisotopic (exact) mass is 202 g/mol. The molecule has 5 nitrogen and oxygen atoms in total. The first-order chi connectivity index (χ1) is 6.66. The van der Waals surface area contributed by atoms with Gasteiger partial charge in [0.1, 0.15) is 6.61 Å². The Labute approximate surface area is 84.2 Å². The van der Waals surface area contributed by atoms with E-state index in [1.807, 2.05) is 0 Å². The number of rotatable bonds is 7. The minimum Gasteiger partial charge on any atom is -0.375 e. The second-order valence-electron chi connectivity index (χ2n) is 2.97. The van der Waals surface area contributed by atoms with Crippen LogP contribution in [0.3, 0.4) is 0 Å². The highest BCUT2D eigenvalue weighted by atomic mass is 16.5. The number of methoxy groups -OCH3 is 1. The number of nitrogens with one attached hydrogen (secondary N) is 2. The van der Waals surface area contributed by atoms with Crippen molar-refractivity contribution in [3.8, 4) is 0 Å². The molecule has 0 aromatic carbocycles. The Morgan fingerprint density at radius 3 is 2.21 bits per heavy atom. The number of hydrogen-bond donors (Lipinski definition) is 2. The van der Waals surface area contributed by atoms with Gasteiger partial charge in [-0.1, -0.05) is 0 Å². The fourth-order valence-electron chi connectivity index (χ4n) is 0.924. The third-order valence-electron chi connectivity index (χ3n) is 1.58. The maximum Gasteiger partial charge on any atom is 0.245 e. The van der Waals surface area contributed by atoms with Crippen LogP contribution >= 0.6 is 0 Å². The van der Waals surface area contributed by atoms with Crippen molar-refractivity contribution < 1.29 is 14.3 Å². The second-order valence-corrected chi connectivity index (χ2v) is 2.97. The van der Waals surface area contributed by atoms with Crippen LogP contribution in [-0.4, -0.2) is 38.6 Å². The number of amides is 2. The third-order valence-corrected chi connectivity index (χ3v) is 1.58. The smallest absolute Gasteiger partial charge is 0.245 e. The molecule has 0 saturated carbocycles. The Kier molecular flexibility index (Phi) is 7.83. The Bertz CT molecular complexity index is 183. The Hall–Kier alpha value is -1.10. The standard InChI is InChI=1S/C9H18N2O3/c1-8(12)10-5-3-4-6-11-9(13)7-14-2/h3-7H2,1-2H3,(H,10,12)(H,11,13). The molecule has 0 unspecified atom stereocenters. The van der Waals surface area contributed by atoms with Gasteiger partial charge in [0, 0.05) is 27.1 Å². The summed E-state index contributed by atoms with van der Waals surface area (Å²) in [6.07, 6.45) is 1.72. The molecule has 5 heteroatoms. The van der Waals surface area contributed by atoms with Crippen molar-refractivity contribution in [2.45, 2.75) is 19.8 Å². The van der Waals surface area contributed by atoms with E-state index in [1.165, 1.54) is 14.0 Å². The van der Waals surface area contributed by atoms with E-state index in [1.54, 1.807) is 0 Å². The van der Waals surface area contributed by atoms with Crippen LogP contribution in [0, 0.1) is 0 Å². The van der Waals surface area contributed by atoms with Crippen LogP contribution in [0.4, 0.5) is 0 Å². The van der Waals surface area contributed by atoms with E-state index in [0.29, 0.717) is 13.1 Å². The summed E-state index contributed by atoms with van der Waals surface area (Å²) in [5, 5.41) is 5.38. The van der Waals surface area contributed by atoms with Crippen molar-refractivity contribution in [3.05, 3.63) is 0 Å². The van der Waals surface area contributed by atoms with Gasteiger partial charge in [-0.05, 0) is 12.8 Å². The first kappa shape index (κ1) is 12.9. The first-order valence-electron chi connectivity index (χ1n) is 4.67. The van der Waals surface area contributed by atoms with E-state index in [9.17, 15) is 9.59 Å². The maximum atomic E-state index is 10.9. The molecule has 0 bridgehead atoms. The summed E-state index contributed by atoms with van der Waals surface area (Å²) < 4.78 is 4.64. The molecule has 0 aliphatic rings. The molecule has 2 N–H and O–H groups in total. The lowest BCUT2D eigenvalue weighted by molar-refractivity contribution is -0.124. The highest BCUT2D eigenvalue weighted by Crippen LogP contribution is 1.84. The van der Waals surface area contributed by atoms with Gasteiger partial charge < -0.3 is 15.4 Å². The SMILES string of the molecule is COCC(=O)NCCCCNC(C)=O. The Morgan fingerprint density at radius 1 is 1.14 bits per heavy atom. The van der Waals surface area contributed by atoms with Crippen LogP contribution in [0.25, 0.3) is 0 Å². The lowest BCUT2D eigenvalue weighted by Gasteiger charge is -2.04. The molecule has 0 atom stereocenters. The summed E-state index contributed by atoms with van der Waals surface area (Å²) >= 11 is 0. The van der Waals surface area contributed by atoms with E-state index in [0.717, 1.165) is 12.8 Å². The molecule has 0 heterocycles. The highest BCUT2D eigenvalue weighted by molar-refractivity contribution is 5.77. The summed E-state index contributed by atoms with van der Waals surface area (Å²) in [5.74, 6) is -0.125. The largest absolute Gasteiger partial charge is 0.375 e. The van der Waals surface area contributed by atoms with Crippen molar-refractivity contribution in [2.24, 2.45) is 0 Å². The van der Waals surface area contributed by atoms with Crippen LogP contribution in [-0.2, 0) is 14.3 Å². The molecule has 0 radical (unpaired) electrons. The van der Waals surface area contributed by atoms with E-state index in [-0.39, 0.29) is 18.4 Å². The van der Waals surface area contributed by atoms with Gasteiger partial charge in [-0.3, -0.25) is 9.59 Å². The molecule has 2 amide bonds. The van der Waals surface area contributed by atoms with Gasteiger partial charge in [-0.2, -0.15) is 0 Å². The van der Waals surface area contributed by atoms with Crippen molar-refractivity contribution in [2.75, 3.05) is 26.8 Å². The first-order valence-corrected chi connectivity index (χ1v) is 4.67. The lowest BCUT2D eigenvalue weighted by Crippen LogP contribution is -2.28. The van der Waals surface area contributed by atoms with Gasteiger partial charge in [0.15, 0.2) is 0 Å². The zero-order valence-corrected chi connectivity index (χ0v) is 8.76. The van der Waals surface area contributed by atoms with Gasteiger partial charge in [-0.15, -0.1) is 0 Å². The molecule has 0 saturated heterocycles. The zero-order valence-electron chi connectivity index (χ0n) is 8.76. The number of carbonyl (C=O) groups is 2. The average Bonchev–Trinajstić information content (AvgIpc) is 2.11. The molecule has 14 heavy (non-hydrogen) atoms. The Morgan fingerprint density at radius 2 is 1.71 bits per heavy atom. The van der Waals surface area contributed by atoms with Crippen LogP contribution in [0.15, 0.2) is 0 Å². The summed E-state index contributed by atoms with van der Waals surface area (Å²) in [4.78, 5) is 21.4. The van der Waals surface area contributed by atoms with Gasteiger partial charge in [-0.25, -0.2) is 0 Å². The molecular weight excluding hydrogens is 184 g/mol. The van der Waals surface area contributed by atoms with Crippen LogP contribution < -0.4 is 10.6 Å². The molecule has 0 aromatic rings. The average molecular weight is 202 g/mol. The van der Waals surface area contributed by atoms with Crippen molar-refractivity contribution >= 4 is 11.8 Å². The molecule has 0 aliphatic heterocycles. The van der Waals surface area contributed by atoms with Gasteiger partial charge in [0.05, 0.1) is 0 Å². The number of carbonyl (C=O) groups excluding carboxylic acids is 2. The van der Waals surface area contributed by atoms with Crippen LogP contribution in [0.1, 0.15) is 19.8 Å². The zero-order chi connectivity index (χ0) is 10.8. The molecule has 0 fully saturated rings. The number of ether oxygens (including phenoxy) is 1. The topological polar surface area (TPSA) is 67.4 Å². The molecule has 0 rings (SSSR count). The number of hydrogen-bond acceptors (Lipinski definition) is 3. The quantitative estimate of drug-likeness (QED) is 0.555. The van der Waals surface area contributed by atoms with Gasteiger partial charge in [0.25, 0.3) is 0 Å². The minimum absolute atomic E-state index is 0.0200. The fourth-order valence-corrected chi connectivity index (χ4v) is 0.924. The number of unbranched alkanes of at least 4 members (excludes halogenated alkanes) is 1.